The Morgan fingerprint density at radius 2 is 1.87 bits per heavy atom. The van der Waals surface area contributed by atoms with Crippen LogP contribution >= 0.6 is 11.3 Å². The van der Waals surface area contributed by atoms with Crippen LogP contribution in [-0.2, 0) is 0 Å². The average Bonchev–Trinajstić information content (AvgIpc) is 2.97. The molecule has 0 aliphatic carbocycles. The van der Waals surface area contributed by atoms with E-state index in [0.29, 0.717) is 11.1 Å². The molecule has 1 amide bonds. The zero-order valence-corrected chi connectivity index (χ0v) is 14.7. The lowest BCUT2D eigenvalue weighted by Gasteiger charge is -2.36. The fraction of sp³-hybridized carbons (Fsp3) is 0.444. The highest BCUT2D eigenvalue weighted by Crippen LogP contribution is 2.30. The maximum absolute atomic E-state index is 12.6. The van der Waals surface area contributed by atoms with Gasteiger partial charge in [0.05, 0.1) is 0 Å². The highest BCUT2D eigenvalue weighted by Gasteiger charge is 2.29. The van der Waals surface area contributed by atoms with Gasteiger partial charge in [0.2, 0.25) is 0 Å². The Kier molecular flexibility index (Phi) is 4.39. The first kappa shape index (κ1) is 16.0. The van der Waals surface area contributed by atoms with Crippen molar-refractivity contribution in [1.29, 1.82) is 0 Å². The van der Waals surface area contributed by atoms with E-state index in [1.807, 2.05) is 22.4 Å². The third kappa shape index (κ3) is 3.91. The number of aromatic nitrogens is 1. The Bertz CT molecular complexity index is 681. The van der Waals surface area contributed by atoms with Crippen molar-refractivity contribution >= 4 is 28.1 Å². The molecule has 1 aromatic heterocycles. The summed E-state index contributed by atoms with van der Waals surface area (Å²) in [4.78, 5) is 18.9. The van der Waals surface area contributed by atoms with Crippen LogP contribution in [0.5, 0.6) is 0 Å². The van der Waals surface area contributed by atoms with Gasteiger partial charge in [-0.05, 0) is 37.3 Å². The highest BCUT2D eigenvalue weighted by atomic mass is 32.1. The SMILES string of the molecule is Cc1ccc(Nc2nc(C(=O)N3CCC(C)(C)CC3)cs2)cc1. The zero-order chi connectivity index (χ0) is 16.4. The van der Waals surface area contributed by atoms with E-state index < -0.39 is 0 Å². The van der Waals surface area contributed by atoms with Crippen molar-refractivity contribution in [2.75, 3.05) is 18.4 Å². The van der Waals surface area contributed by atoms with Gasteiger partial charge in [-0.1, -0.05) is 31.5 Å². The minimum atomic E-state index is 0.0497. The molecule has 0 atom stereocenters. The molecule has 2 aromatic rings. The van der Waals surface area contributed by atoms with Crippen molar-refractivity contribution in [3.05, 3.63) is 40.9 Å². The van der Waals surface area contributed by atoms with Gasteiger partial charge in [-0.25, -0.2) is 4.98 Å². The zero-order valence-electron chi connectivity index (χ0n) is 13.9. The average molecular weight is 329 g/mol. The number of amides is 1. The fourth-order valence-electron chi connectivity index (χ4n) is 2.67. The second kappa shape index (κ2) is 6.32. The number of aryl methyl sites for hydroxylation is 1. The summed E-state index contributed by atoms with van der Waals surface area (Å²) < 4.78 is 0. The molecule has 5 heteroatoms. The number of carbonyl (C=O) groups excluding carboxylic acids is 1. The summed E-state index contributed by atoms with van der Waals surface area (Å²) >= 11 is 1.47. The molecule has 0 radical (unpaired) electrons. The standard InChI is InChI=1S/C18H23N3OS/c1-13-4-6-14(7-5-13)19-17-20-15(12-23-17)16(22)21-10-8-18(2,3)9-11-21/h4-7,12H,8-11H2,1-3H3,(H,19,20). The van der Waals surface area contributed by atoms with Gasteiger partial charge in [-0.3, -0.25) is 4.79 Å². The third-order valence-electron chi connectivity index (χ3n) is 4.43. The lowest BCUT2D eigenvalue weighted by atomic mass is 9.82. The van der Waals surface area contributed by atoms with Gasteiger partial charge in [-0.2, -0.15) is 0 Å². The number of rotatable bonds is 3. The van der Waals surface area contributed by atoms with E-state index in [2.05, 4.69) is 43.2 Å². The molecule has 1 N–H and O–H groups in total. The topological polar surface area (TPSA) is 45.2 Å². The smallest absolute Gasteiger partial charge is 0.273 e. The quantitative estimate of drug-likeness (QED) is 0.904. The van der Waals surface area contributed by atoms with E-state index in [0.717, 1.165) is 36.8 Å². The first-order valence-electron chi connectivity index (χ1n) is 8.01. The van der Waals surface area contributed by atoms with E-state index >= 15 is 0 Å². The minimum Gasteiger partial charge on any atom is -0.337 e. The van der Waals surface area contributed by atoms with E-state index in [1.54, 1.807) is 0 Å². The predicted molar refractivity (Wildman–Crippen MR) is 95.5 cm³/mol. The molecule has 1 saturated heterocycles. The molecule has 0 spiro atoms. The number of hydrogen-bond acceptors (Lipinski definition) is 4. The molecule has 122 valence electrons. The number of benzene rings is 1. The van der Waals surface area contributed by atoms with E-state index in [1.165, 1.54) is 16.9 Å². The van der Waals surface area contributed by atoms with Gasteiger partial charge in [0.15, 0.2) is 5.13 Å². The van der Waals surface area contributed by atoms with Crippen LogP contribution < -0.4 is 5.32 Å². The minimum absolute atomic E-state index is 0.0497. The molecule has 4 nitrogen and oxygen atoms in total. The summed E-state index contributed by atoms with van der Waals surface area (Å²) in [6.07, 6.45) is 2.11. The van der Waals surface area contributed by atoms with Gasteiger partial charge in [0, 0.05) is 24.2 Å². The van der Waals surface area contributed by atoms with Crippen LogP contribution in [0.15, 0.2) is 29.6 Å². The van der Waals surface area contributed by atoms with Gasteiger partial charge in [-0.15, -0.1) is 11.3 Å². The monoisotopic (exact) mass is 329 g/mol. The van der Waals surface area contributed by atoms with E-state index in [9.17, 15) is 4.79 Å². The summed E-state index contributed by atoms with van der Waals surface area (Å²) in [5.41, 5.74) is 3.10. The van der Waals surface area contributed by atoms with Crippen molar-refractivity contribution in [1.82, 2.24) is 9.88 Å². The van der Waals surface area contributed by atoms with Crippen molar-refractivity contribution in [2.24, 2.45) is 5.41 Å². The van der Waals surface area contributed by atoms with Crippen LogP contribution in [0.3, 0.4) is 0 Å². The van der Waals surface area contributed by atoms with Crippen LogP contribution in [0.4, 0.5) is 10.8 Å². The molecular weight excluding hydrogens is 306 g/mol. The third-order valence-corrected chi connectivity index (χ3v) is 5.19. The lowest BCUT2D eigenvalue weighted by molar-refractivity contribution is 0.0625. The van der Waals surface area contributed by atoms with Crippen LogP contribution in [0.2, 0.25) is 0 Å². The maximum atomic E-state index is 12.6. The lowest BCUT2D eigenvalue weighted by Crippen LogP contribution is -2.41. The molecule has 2 heterocycles. The Morgan fingerprint density at radius 1 is 1.22 bits per heavy atom. The summed E-state index contributed by atoms with van der Waals surface area (Å²) in [7, 11) is 0. The Hall–Kier alpha value is -1.88. The highest BCUT2D eigenvalue weighted by molar-refractivity contribution is 7.14. The molecule has 0 unspecified atom stereocenters. The first-order valence-corrected chi connectivity index (χ1v) is 8.89. The Labute approximate surface area is 141 Å². The normalized spacial score (nSPS) is 17.1. The molecule has 0 saturated carbocycles. The van der Waals surface area contributed by atoms with Gasteiger partial charge < -0.3 is 10.2 Å². The van der Waals surface area contributed by atoms with Gasteiger partial charge >= 0.3 is 0 Å². The number of nitrogens with zero attached hydrogens (tertiary/aromatic N) is 2. The van der Waals surface area contributed by atoms with Crippen LogP contribution in [-0.4, -0.2) is 28.9 Å². The molecule has 1 aromatic carbocycles. The van der Waals surface area contributed by atoms with Crippen molar-refractivity contribution in [3.8, 4) is 0 Å². The number of piperidine rings is 1. The fourth-order valence-corrected chi connectivity index (χ4v) is 3.37. The van der Waals surface area contributed by atoms with E-state index in [-0.39, 0.29) is 5.91 Å². The summed E-state index contributed by atoms with van der Waals surface area (Å²) in [5, 5.41) is 5.86. The number of hydrogen-bond donors (Lipinski definition) is 1. The summed E-state index contributed by atoms with van der Waals surface area (Å²) in [5.74, 6) is 0.0497. The van der Waals surface area contributed by atoms with Crippen LogP contribution in [0.1, 0.15) is 42.7 Å². The summed E-state index contributed by atoms with van der Waals surface area (Å²) in [6, 6.07) is 8.14. The largest absolute Gasteiger partial charge is 0.337 e. The van der Waals surface area contributed by atoms with Crippen LogP contribution in [0, 0.1) is 12.3 Å². The molecule has 1 aliphatic heterocycles. The number of likely N-dealkylation sites (tertiary alicyclic amines) is 1. The van der Waals surface area contributed by atoms with Crippen molar-refractivity contribution in [3.63, 3.8) is 0 Å². The second-order valence-corrected chi connectivity index (χ2v) is 7.84. The predicted octanol–water partition coefficient (Wildman–Crippen LogP) is 4.46. The molecular formula is C18H23N3OS. The second-order valence-electron chi connectivity index (χ2n) is 6.99. The molecule has 3 rings (SSSR count). The molecule has 0 bridgehead atoms. The van der Waals surface area contributed by atoms with E-state index in [4.69, 9.17) is 0 Å². The van der Waals surface area contributed by atoms with Crippen molar-refractivity contribution in [2.45, 2.75) is 33.6 Å². The van der Waals surface area contributed by atoms with Gasteiger partial charge in [0.25, 0.3) is 5.91 Å². The Balaban J connectivity index is 1.64. The maximum Gasteiger partial charge on any atom is 0.273 e. The van der Waals surface area contributed by atoms with Gasteiger partial charge in [0.1, 0.15) is 5.69 Å². The molecule has 1 aliphatic rings. The van der Waals surface area contributed by atoms with Crippen LogP contribution in [0.25, 0.3) is 0 Å². The number of anilines is 2. The number of thiazole rings is 1. The number of nitrogens with one attached hydrogen (secondary N) is 1. The van der Waals surface area contributed by atoms with Crippen molar-refractivity contribution < 1.29 is 4.79 Å². The molecule has 23 heavy (non-hydrogen) atoms. The number of carbonyl (C=O) groups is 1. The molecule has 1 fully saturated rings. The Morgan fingerprint density at radius 3 is 2.52 bits per heavy atom. The summed E-state index contributed by atoms with van der Waals surface area (Å²) in [6.45, 7) is 8.24. The first-order chi connectivity index (χ1) is 10.9.